The van der Waals surface area contributed by atoms with Gasteiger partial charge < -0.3 is 15.1 Å². The Morgan fingerprint density at radius 2 is 2.17 bits per heavy atom. The number of rotatable bonds is 2. The molecule has 3 rings (SSSR count). The Hall–Kier alpha value is -2.55. The highest BCUT2D eigenvalue weighted by Gasteiger charge is 2.25. The van der Waals surface area contributed by atoms with Crippen LogP contribution in [0.2, 0.25) is 0 Å². The van der Waals surface area contributed by atoms with E-state index in [2.05, 4.69) is 11.4 Å². The summed E-state index contributed by atoms with van der Waals surface area (Å²) in [5.41, 5.74) is 2.50. The number of likely N-dealkylation sites (tertiary alicyclic amines) is 1. The Morgan fingerprint density at radius 1 is 1.33 bits per heavy atom. The number of carbonyl (C=O) groups excluding carboxylic acids is 2. The molecule has 0 unspecified atom stereocenters. The number of nitriles is 1. The highest BCUT2D eigenvalue weighted by Crippen LogP contribution is 2.27. The molecule has 6 nitrogen and oxygen atoms in total. The number of aryl methyl sites for hydroxylation is 1. The fraction of sp³-hybridized carbons (Fsp3) is 0.500. The molecule has 1 N–H and O–H groups in total. The number of piperidine rings is 1. The van der Waals surface area contributed by atoms with Gasteiger partial charge in [0.05, 0.1) is 12.0 Å². The molecule has 1 aromatic carbocycles. The molecule has 2 aliphatic heterocycles. The zero-order valence-corrected chi connectivity index (χ0v) is 13.9. The summed E-state index contributed by atoms with van der Waals surface area (Å²) in [5, 5.41) is 12.0. The van der Waals surface area contributed by atoms with Gasteiger partial charge in [-0.25, -0.2) is 4.79 Å². The van der Waals surface area contributed by atoms with Crippen molar-refractivity contribution < 1.29 is 9.59 Å². The van der Waals surface area contributed by atoms with Crippen LogP contribution in [-0.2, 0) is 4.79 Å². The lowest BCUT2D eigenvalue weighted by molar-refractivity contribution is -0.117. The van der Waals surface area contributed by atoms with Crippen LogP contribution in [-0.4, -0.2) is 36.5 Å². The number of nitrogens with zero attached hydrogens (tertiary/aromatic N) is 3. The van der Waals surface area contributed by atoms with Gasteiger partial charge in [-0.05, 0) is 43.9 Å². The molecule has 2 saturated heterocycles. The predicted molar refractivity (Wildman–Crippen MR) is 91.7 cm³/mol. The van der Waals surface area contributed by atoms with Crippen LogP contribution < -0.4 is 10.2 Å². The molecule has 1 aromatic rings. The smallest absolute Gasteiger partial charge is 0.321 e. The summed E-state index contributed by atoms with van der Waals surface area (Å²) < 4.78 is 0. The van der Waals surface area contributed by atoms with Crippen molar-refractivity contribution in [3.63, 3.8) is 0 Å². The SMILES string of the molecule is Cc1ccc(N2CCCC2=O)cc1NC(=O)N1CCC[C@H](C#N)C1. The second-order valence-electron chi connectivity index (χ2n) is 6.49. The van der Waals surface area contributed by atoms with E-state index in [9.17, 15) is 9.59 Å². The summed E-state index contributed by atoms with van der Waals surface area (Å²) in [6.07, 6.45) is 3.16. The van der Waals surface area contributed by atoms with Crippen LogP contribution in [0.15, 0.2) is 18.2 Å². The number of hydrogen-bond donors (Lipinski definition) is 1. The van der Waals surface area contributed by atoms with Crippen LogP contribution in [0.5, 0.6) is 0 Å². The summed E-state index contributed by atoms with van der Waals surface area (Å²) in [6, 6.07) is 7.77. The topological polar surface area (TPSA) is 76.4 Å². The van der Waals surface area contributed by atoms with Crippen LogP contribution in [0.3, 0.4) is 0 Å². The predicted octanol–water partition coefficient (Wildman–Crippen LogP) is 2.89. The van der Waals surface area contributed by atoms with E-state index in [1.807, 2.05) is 25.1 Å². The number of nitrogens with one attached hydrogen (secondary N) is 1. The third-order valence-electron chi connectivity index (χ3n) is 4.74. The molecule has 0 bridgehead atoms. The van der Waals surface area contributed by atoms with Crippen molar-refractivity contribution in [1.29, 1.82) is 5.26 Å². The molecule has 0 aliphatic carbocycles. The van der Waals surface area contributed by atoms with Gasteiger partial charge in [0.2, 0.25) is 5.91 Å². The van der Waals surface area contributed by atoms with Crippen LogP contribution in [0.4, 0.5) is 16.2 Å². The number of anilines is 2. The molecule has 0 spiro atoms. The van der Waals surface area contributed by atoms with Crippen molar-refractivity contribution in [2.75, 3.05) is 29.9 Å². The Balaban J connectivity index is 1.73. The molecule has 24 heavy (non-hydrogen) atoms. The van der Waals surface area contributed by atoms with Crippen molar-refractivity contribution in [2.45, 2.75) is 32.6 Å². The Labute approximate surface area is 142 Å². The first-order valence-electron chi connectivity index (χ1n) is 8.45. The average molecular weight is 326 g/mol. The zero-order chi connectivity index (χ0) is 17.1. The molecule has 6 heteroatoms. The van der Waals surface area contributed by atoms with Gasteiger partial charge in [0.25, 0.3) is 0 Å². The Bertz CT molecular complexity index is 695. The van der Waals surface area contributed by atoms with Crippen molar-refractivity contribution in [1.82, 2.24) is 4.90 Å². The molecule has 2 heterocycles. The largest absolute Gasteiger partial charge is 0.323 e. The molecule has 1 atom stereocenters. The number of carbonyl (C=O) groups is 2. The number of urea groups is 1. The lowest BCUT2D eigenvalue weighted by Gasteiger charge is -2.30. The maximum absolute atomic E-state index is 12.5. The van der Waals surface area contributed by atoms with Crippen molar-refractivity contribution in [3.05, 3.63) is 23.8 Å². The van der Waals surface area contributed by atoms with Gasteiger partial charge in [0.15, 0.2) is 0 Å². The minimum atomic E-state index is -0.178. The first-order valence-corrected chi connectivity index (χ1v) is 8.45. The molecule has 0 aromatic heterocycles. The molecule has 2 fully saturated rings. The van der Waals surface area contributed by atoms with Crippen molar-refractivity contribution in [2.24, 2.45) is 5.92 Å². The van der Waals surface area contributed by atoms with Crippen LogP contribution in [0.25, 0.3) is 0 Å². The third kappa shape index (κ3) is 3.35. The fourth-order valence-corrected chi connectivity index (χ4v) is 3.29. The van der Waals surface area contributed by atoms with Gasteiger partial charge in [-0.15, -0.1) is 0 Å². The minimum absolute atomic E-state index is 0.0841. The summed E-state index contributed by atoms with van der Waals surface area (Å²) in [7, 11) is 0. The van der Waals surface area contributed by atoms with Gasteiger partial charge in [-0.3, -0.25) is 4.79 Å². The van der Waals surface area contributed by atoms with E-state index in [1.54, 1.807) is 9.80 Å². The standard InChI is InChI=1S/C18H22N4O2/c1-13-6-7-15(22-9-3-5-17(22)23)10-16(13)20-18(24)21-8-2-4-14(11-19)12-21/h6-7,10,14H,2-5,8-9,12H2,1H3,(H,20,24)/t14-/m1/s1. The van der Waals surface area contributed by atoms with Crippen molar-refractivity contribution >= 4 is 23.3 Å². The third-order valence-corrected chi connectivity index (χ3v) is 4.74. The number of amides is 3. The van der Waals surface area contributed by atoms with E-state index in [1.165, 1.54) is 0 Å². The summed E-state index contributed by atoms with van der Waals surface area (Å²) in [5.74, 6) is 0.0446. The molecule has 0 radical (unpaired) electrons. The highest BCUT2D eigenvalue weighted by atomic mass is 16.2. The molecule has 126 valence electrons. The Kier molecular flexibility index (Phi) is 4.70. The maximum atomic E-state index is 12.5. The van der Waals surface area contributed by atoms with E-state index in [-0.39, 0.29) is 17.9 Å². The monoisotopic (exact) mass is 326 g/mol. The van der Waals surface area contributed by atoms with E-state index in [0.29, 0.717) is 19.5 Å². The van der Waals surface area contributed by atoms with Gasteiger partial charge in [0, 0.05) is 37.4 Å². The molecule has 0 saturated carbocycles. The molecule has 3 amide bonds. The van der Waals surface area contributed by atoms with E-state index >= 15 is 0 Å². The fourth-order valence-electron chi connectivity index (χ4n) is 3.29. The lowest BCUT2D eigenvalue weighted by atomic mass is 10.0. The van der Waals surface area contributed by atoms with Crippen molar-refractivity contribution in [3.8, 4) is 6.07 Å². The maximum Gasteiger partial charge on any atom is 0.321 e. The van der Waals surface area contributed by atoms with Crippen LogP contribution in [0.1, 0.15) is 31.2 Å². The second-order valence-corrected chi connectivity index (χ2v) is 6.49. The lowest BCUT2D eigenvalue weighted by Crippen LogP contribution is -2.42. The van der Waals surface area contributed by atoms with Gasteiger partial charge >= 0.3 is 6.03 Å². The normalized spacial score (nSPS) is 20.8. The van der Waals surface area contributed by atoms with Gasteiger partial charge in [-0.2, -0.15) is 5.26 Å². The number of hydrogen-bond acceptors (Lipinski definition) is 3. The van der Waals surface area contributed by atoms with Gasteiger partial charge in [0.1, 0.15) is 0 Å². The Morgan fingerprint density at radius 3 is 2.88 bits per heavy atom. The first kappa shape index (κ1) is 16.3. The summed E-state index contributed by atoms with van der Waals surface area (Å²) in [6.45, 7) is 3.81. The molecule has 2 aliphatic rings. The average Bonchev–Trinajstić information content (AvgIpc) is 3.03. The van der Waals surface area contributed by atoms with Gasteiger partial charge in [-0.1, -0.05) is 6.07 Å². The summed E-state index contributed by atoms with van der Waals surface area (Å²) >= 11 is 0. The zero-order valence-electron chi connectivity index (χ0n) is 13.9. The van der Waals surface area contributed by atoms with E-state index in [0.717, 1.165) is 42.7 Å². The van der Waals surface area contributed by atoms with E-state index in [4.69, 9.17) is 5.26 Å². The minimum Gasteiger partial charge on any atom is -0.323 e. The summed E-state index contributed by atoms with van der Waals surface area (Å²) in [4.78, 5) is 27.9. The van der Waals surface area contributed by atoms with E-state index < -0.39 is 0 Å². The van der Waals surface area contributed by atoms with Crippen LogP contribution >= 0.6 is 0 Å². The highest BCUT2D eigenvalue weighted by molar-refractivity contribution is 5.97. The second kappa shape index (κ2) is 6.91. The quantitative estimate of drug-likeness (QED) is 0.908. The first-order chi connectivity index (χ1) is 11.6. The molecular formula is C18H22N4O2. The number of benzene rings is 1. The van der Waals surface area contributed by atoms with Crippen LogP contribution in [0, 0.1) is 24.2 Å². The molecular weight excluding hydrogens is 304 g/mol.